The molecule has 1 aliphatic heterocycles. The zero-order chi connectivity index (χ0) is 9.97. The molecule has 1 aromatic heterocycles. The van der Waals surface area contributed by atoms with Crippen LogP contribution in [0.1, 0.15) is 23.3 Å². The minimum atomic E-state index is -0.400. The topological polar surface area (TPSA) is 94.5 Å². The highest BCUT2D eigenvalue weighted by molar-refractivity contribution is 5.95. The number of nitrogen functional groups attached to an aromatic ring is 1. The first-order valence-electron chi connectivity index (χ1n) is 4.32. The number of hydrogen-bond donors (Lipinski definition) is 1. The number of carbonyl (C=O) groups excluding carboxylic acids is 1. The number of rotatable bonds is 1. The fourth-order valence-corrected chi connectivity index (χ4v) is 1.22. The largest absolute Gasteiger partial charge is 0.379 e. The van der Waals surface area contributed by atoms with Crippen LogP contribution < -0.4 is 5.73 Å². The van der Waals surface area contributed by atoms with Crippen LogP contribution in [0.5, 0.6) is 0 Å². The molecule has 0 aliphatic carbocycles. The summed E-state index contributed by atoms with van der Waals surface area (Å²) in [7, 11) is 0. The molecule has 76 valence electrons. The predicted octanol–water partition coefficient (Wildman–Crippen LogP) is -0.181. The Morgan fingerprint density at radius 1 is 1.43 bits per heavy atom. The van der Waals surface area contributed by atoms with Gasteiger partial charge in [-0.2, -0.15) is 0 Å². The van der Waals surface area contributed by atoms with Crippen molar-refractivity contribution in [3.8, 4) is 0 Å². The number of hydrogen-bond acceptors (Lipinski definition) is 6. The number of anilines is 1. The number of nitrogens with zero attached hydrogens (tertiary/aromatic N) is 3. The zero-order valence-corrected chi connectivity index (χ0v) is 7.47. The molecule has 14 heavy (non-hydrogen) atoms. The monoisotopic (exact) mass is 198 g/mol. The highest BCUT2D eigenvalue weighted by Crippen LogP contribution is 2.13. The van der Waals surface area contributed by atoms with E-state index >= 15 is 0 Å². The van der Waals surface area contributed by atoms with Gasteiger partial charge in [0.1, 0.15) is 0 Å². The van der Waals surface area contributed by atoms with Gasteiger partial charge in [-0.05, 0) is 23.2 Å². The first-order valence-corrected chi connectivity index (χ1v) is 4.32. The van der Waals surface area contributed by atoms with Crippen molar-refractivity contribution in [3.63, 3.8) is 0 Å². The van der Waals surface area contributed by atoms with Gasteiger partial charge in [0, 0.05) is 6.54 Å². The van der Waals surface area contributed by atoms with E-state index in [1.807, 2.05) is 0 Å². The summed E-state index contributed by atoms with van der Waals surface area (Å²) in [6.07, 6.45) is 1.87. The van der Waals surface area contributed by atoms with Gasteiger partial charge in [-0.15, -0.1) is 0 Å². The first-order chi connectivity index (χ1) is 6.79. The van der Waals surface area contributed by atoms with Crippen LogP contribution in [0.4, 0.5) is 5.82 Å². The summed E-state index contributed by atoms with van der Waals surface area (Å²) >= 11 is 0. The second-order valence-corrected chi connectivity index (χ2v) is 2.95. The second kappa shape index (κ2) is 3.62. The quantitative estimate of drug-likeness (QED) is 0.672. The third kappa shape index (κ3) is 1.53. The minimum absolute atomic E-state index is 0.00639. The van der Waals surface area contributed by atoms with E-state index in [0.29, 0.717) is 13.2 Å². The molecule has 7 nitrogen and oxygen atoms in total. The summed E-state index contributed by atoms with van der Waals surface area (Å²) in [6, 6.07) is 0. The van der Waals surface area contributed by atoms with Gasteiger partial charge >= 0.3 is 5.91 Å². The lowest BCUT2D eigenvalue weighted by atomic mass is 10.3. The number of hydroxylamine groups is 2. The van der Waals surface area contributed by atoms with Crippen LogP contribution in [0.2, 0.25) is 0 Å². The van der Waals surface area contributed by atoms with Gasteiger partial charge in [0.15, 0.2) is 0 Å². The van der Waals surface area contributed by atoms with E-state index in [4.69, 9.17) is 10.6 Å². The number of carbonyl (C=O) groups is 1. The highest BCUT2D eigenvalue weighted by Gasteiger charge is 2.25. The molecule has 0 unspecified atom stereocenters. The van der Waals surface area contributed by atoms with E-state index in [1.54, 1.807) is 0 Å². The Bertz CT molecular complexity index is 331. The summed E-state index contributed by atoms with van der Waals surface area (Å²) in [4.78, 5) is 16.8. The maximum atomic E-state index is 11.6. The summed E-state index contributed by atoms with van der Waals surface area (Å²) < 4.78 is 4.33. The number of amides is 1. The Morgan fingerprint density at radius 3 is 2.86 bits per heavy atom. The first kappa shape index (κ1) is 8.95. The van der Waals surface area contributed by atoms with Crippen LogP contribution in [0, 0.1) is 0 Å². The molecule has 2 rings (SSSR count). The lowest BCUT2D eigenvalue weighted by Gasteiger charge is -2.24. The Balaban J connectivity index is 2.11. The molecule has 0 radical (unpaired) electrons. The van der Waals surface area contributed by atoms with E-state index in [-0.39, 0.29) is 11.5 Å². The standard InChI is InChI=1S/C7H10N4O3/c8-6-5(9-14-10-6)7(12)11-3-1-2-4-13-11/h1-4H2,(H2,8,10). The van der Waals surface area contributed by atoms with Gasteiger partial charge < -0.3 is 5.73 Å². The normalized spacial score (nSPS) is 17.0. The molecule has 0 bridgehead atoms. The van der Waals surface area contributed by atoms with Crippen LogP contribution in [0.25, 0.3) is 0 Å². The van der Waals surface area contributed by atoms with E-state index in [1.165, 1.54) is 5.06 Å². The molecule has 1 saturated heterocycles. The molecular formula is C7H10N4O3. The molecule has 0 spiro atoms. The molecule has 1 fully saturated rings. The highest BCUT2D eigenvalue weighted by atomic mass is 16.7. The molecule has 1 aromatic rings. The fraction of sp³-hybridized carbons (Fsp3) is 0.571. The van der Waals surface area contributed by atoms with Crippen LogP contribution in [-0.4, -0.2) is 34.4 Å². The van der Waals surface area contributed by atoms with Gasteiger partial charge in [0.2, 0.25) is 11.5 Å². The van der Waals surface area contributed by atoms with Gasteiger partial charge in [-0.3, -0.25) is 9.63 Å². The van der Waals surface area contributed by atoms with Crippen LogP contribution in [-0.2, 0) is 4.84 Å². The Hall–Kier alpha value is -1.63. The van der Waals surface area contributed by atoms with E-state index in [9.17, 15) is 4.79 Å². The van der Waals surface area contributed by atoms with E-state index in [2.05, 4.69) is 14.9 Å². The lowest BCUT2D eigenvalue weighted by Crippen LogP contribution is -2.36. The summed E-state index contributed by atoms with van der Waals surface area (Å²) in [5.74, 6) is -0.410. The Morgan fingerprint density at radius 2 is 2.29 bits per heavy atom. The van der Waals surface area contributed by atoms with Crippen LogP contribution in [0.3, 0.4) is 0 Å². The van der Waals surface area contributed by atoms with Crippen molar-refractivity contribution in [2.45, 2.75) is 12.8 Å². The summed E-state index contributed by atoms with van der Waals surface area (Å²) in [5.41, 5.74) is 5.38. The smallest absolute Gasteiger partial charge is 0.303 e. The number of aromatic nitrogens is 2. The van der Waals surface area contributed by atoms with Gasteiger partial charge in [-0.1, -0.05) is 0 Å². The minimum Gasteiger partial charge on any atom is -0.379 e. The van der Waals surface area contributed by atoms with Crippen molar-refractivity contribution in [2.75, 3.05) is 18.9 Å². The molecule has 1 amide bonds. The van der Waals surface area contributed by atoms with Crippen molar-refractivity contribution in [1.29, 1.82) is 0 Å². The fourth-order valence-electron chi connectivity index (χ4n) is 1.22. The molecule has 7 heteroatoms. The lowest BCUT2D eigenvalue weighted by molar-refractivity contribution is -0.144. The summed E-state index contributed by atoms with van der Waals surface area (Å²) in [5, 5.41) is 7.97. The predicted molar refractivity (Wildman–Crippen MR) is 44.9 cm³/mol. The van der Waals surface area contributed by atoms with Crippen molar-refractivity contribution in [2.24, 2.45) is 0 Å². The van der Waals surface area contributed by atoms with Crippen molar-refractivity contribution in [3.05, 3.63) is 5.69 Å². The molecule has 1 aliphatic rings. The van der Waals surface area contributed by atoms with E-state index < -0.39 is 5.91 Å². The average molecular weight is 198 g/mol. The summed E-state index contributed by atoms with van der Waals surface area (Å²) in [6.45, 7) is 1.09. The molecule has 2 N–H and O–H groups in total. The molecule has 0 aromatic carbocycles. The molecular weight excluding hydrogens is 188 g/mol. The second-order valence-electron chi connectivity index (χ2n) is 2.95. The van der Waals surface area contributed by atoms with Crippen molar-refractivity contribution >= 4 is 11.7 Å². The number of nitrogens with two attached hydrogens (primary N) is 1. The van der Waals surface area contributed by atoms with Crippen LogP contribution >= 0.6 is 0 Å². The van der Waals surface area contributed by atoms with Gasteiger partial charge in [-0.25, -0.2) is 9.69 Å². The molecule has 0 saturated carbocycles. The zero-order valence-electron chi connectivity index (χ0n) is 7.47. The molecule has 2 heterocycles. The van der Waals surface area contributed by atoms with Gasteiger partial charge in [0.05, 0.1) is 6.61 Å². The SMILES string of the molecule is Nc1nonc1C(=O)N1CCCCO1. The maximum absolute atomic E-state index is 11.6. The molecule has 0 atom stereocenters. The van der Waals surface area contributed by atoms with Crippen LogP contribution in [0.15, 0.2) is 4.63 Å². The van der Waals surface area contributed by atoms with Gasteiger partial charge in [0.25, 0.3) is 0 Å². The Kier molecular flexibility index (Phi) is 2.32. The van der Waals surface area contributed by atoms with E-state index in [0.717, 1.165) is 12.8 Å². The third-order valence-corrected chi connectivity index (χ3v) is 1.95. The average Bonchev–Trinajstić information content (AvgIpc) is 2.65. The Labute approximate surface area is 79.7 Å². The third-order valence-electron chi connectivity index (χ3n) is 1.95. The van der Waals surface area contributed by atoms with Crippen molar-refractivity contribution in [1.82, 2.24) is 15.4 Å². The maximum Gasteiger partial charge on any atom is 0.303 e. The van der Waals surface area contributed by atoms with Crippen molar-refractivity contribution < 1.29 is 14.3 Å².